The van der Waals surface area contributed by atoms with Crippen molar-refractivity contribution in [1.82, 2.24) is 10.2 Å². The molecule has 2 fully saturated rings. The minimum atomic E-state index is -0.300. The first-order valence-corrected chi connectivity index (χ1v) is 11.7. The van der Waals surface area contributed by atoms with E-state index in [0.29, 0.717) is 36.4 Å². The molecule has 1 aromatic rings. The Morgan fingerprint density at radius 2 is 1.91 bits per heavy atom. The summed E-state index contributed by atoms with van der Waals surface area (Å²) in [5.74, 6) is 0.339. The number of anilines is 1. The van der Waals surface area contributed by atoms with Crippen molar-refractivity contribution in [2.45, 2.75) is 69.6 Å². The lowest BCUT2D eigenvalue weighted by atomic mass is 9.88. The highest BCUT2D eigenvalue weighted by Gasteiger charge is 2.39. The van der Waals surface area contributed by atoms with Crippen LogP contribution in [0.3, 0.4) is 0 Å². The predicted octanol–water partition coefficient (Wildman–Crippen LogP) is 2.72. The summed E-state index contributed by atoms with van der Waals surface area (Å²) in [7, 11) is 3.40. The number of hydrogen-bond donors (Lipinski definition) is 2. The molecular weight excluding hydrogens is 410 g/mol. The van der Waals surface area contributed by atoms with Gasteiger partial charge in [0.15, 0.2) is 0 Å². The summed E-state index contributed by atoms with van der Waals surface area (Å²) in [4.78, 5) is 39.4. The van der Waals surface area contributed by atoms with Crippen LogP contribution in [0.5, 0.6) is 5.75 Å². The van der Waals surface area contributed by atoms with Crippen molar-refractivity contribution in [3.63, 3.8) is 0 Å². The van der Waals surface area contributed by atoms with E-state index >= 15 is 0 Å². The summed E-state index contributed by atoms with van der Waals surface area (Å²) >= 11 is 0. The summed E-state index contributed by atoms with van der Waals surface area (Å²) in [6, 6.07) is 5.11. The zero-order valence-electron chi connectivity index (χ0n) is 18.9. The molecule has 32 heavy (non-hydrogen) atoms. The fourth-order valence-corrected chi connectivity index (χ4v) is 5.02. The van der Waals surface area contributed by atoms with Crippen LogP contribution in [0, 0.1) is 5.92 Å². The van der Waals surface area contributed by atoms with Gasteiger partial charge in [0, 0.05) is 25.7 Å². The maximum absolute atomic E-state index is 13.3. The summed E-state index contributed by atoms with van der Waals surface area (Å²) in [5, 5.41) is 5.62. The van der Waals surface area contributed by atoms with Crippen LogP contribution in [0.25, 0.3) is 0 Å². The summed E-state index contributed by atoms with van der Waals surface area (Å²) in [5.41, 5.74) is 1.06. The van der Waals surface area contributed by atoms with Gasteiger partial charge >= 0.3 is 0 Å². The molecule has 3 amide bonds. The first kappa shape index (κ1) is 22.6. The molecule has 0 unspecified atom stereocenters. The first-order chi connectivity index (χ1) is 15.5. The number of carbonyl (C=O) groups is 3. The molecule has 174 valence electrons. The lowest BCUT2D eigenvalue weighted by Crippen LogP contribution is -2.53. The van der Waals surface area contributed by atoms with Crippen LogP contribution in [0.15, 0.2) is 18.2 Å². The third-order valence-corrected chi connectivity index (χ3v) is 6.95. The number of fused-ring (bicyclic) bond motifs is 2. The van der Waals surface area contributed by atoms with Crippen molar-refractivity contribution in [1.29, 1.82) is 0 Å². The van der Waals surface area contributed by atoms with Gasteiger partial charge in [-0.15, -0.1) is 0 Å². The molecule has 8 heteroatoms. The molecular formula is C24H33N3O5. The van der Waals surface area contributed by atoms with E-state index in [1.54, 1.807) is 37.2 Å². The largest absolute Gasteiger partial charge is 0.490 e. The molecule has 8 nitrogen and oxygen atoms in total. The molecule has 1 aliphatic carbocycles. The second-order valence-corrected chi connectivity index (χ2v) is 9.08. The van der Waals surface area contributed by atoms with E-state index in [0.717, 1.165) is 32.1 Å². The van der Waals surface area contributed by atoms with Gasteiger partial charge in [-0.05, 0) is 43.9 Å². The van der Waals surface area contributed by atoms with Crippen molar-refractivity contribution >= 4 is 23.4 Å². The number of nitrogens with zero attached hydrogens (tertiary/aromatic N) is 1. The van der Waals surface area contributed by atoms with Gasteiger partial charge < -0.3 is 25.0 Å². The molecule has 2 heterocycles. The van der Waals surface area contributed by atoms with Crippen molar-refractivity contribution in [3.8, 4) is 5.75 Å². The van der Waals surface area contributed by atoms with Crippen LogP contribution in [0.2, 0.25) is 0 Å². The van der Waals surface area contributed by atoms with Crippen LogP contribution in [0.1, 0.15) is 61.7 Å². The van der Waals surface area contributed by atoms with Crippen LogP contribution in [-0.4, -0.2) is 61.6 Å². The highest BCUT2D eigenvalue weighted by Crippen LogP contribution is 2.33. The summed E-state index contributed by atoms with van der Waals surface area (Å²) in [6.45, 7) is 0.299. The van der Waals surface area contributed by atoms with Gasteiger partial charge in [-0.25, -0.2) is 0 Å². The molecule has 0 spiro atoms. The number of ether oxygens (including phenoxy) is 2. The number of likely N-dealkylation sites (N-methyl/N-ethyl adjacent to an activating group) is 1. The van der Waals surface area contributed by atoms with Crippen LogP contribution >= 0.6 is 0 Å². The molecule has 4 rings (SSSR count). The Hall–Kier alpha value is -2.61. The van der Waals surface area contributed by atoms with Crippen LogP contribution in [-0.2, 0) is 14.3 Å². The van der Waals surface area contributed by atoms with Gasteiger partial charge in [0.05, 0.1) is 24.1 Å². The molecule has 0 aromatic heterocycles. The van der Waals surface area contributed by atoms with E-state index in [1.807, 2.05) is 0 Å². The van der Waals surface area contributed by atoms with Gasteiger partial charge in [0.2, 0.25) is 11.8 Å². The fourth-order valence-electron chi connectivity index (χ4n) is 5.02. The molecule has 3 aliphatic rings. The summed E-state index contributed by atoms with van der Waals surface area (Å²) in [6.07, 6.45) is 6.49. The van der Waals surface area contributed by atoms with Crippen molar-refractivity contribution in [2.24, 2.45) is 5.92 Å². The number of hydrogen-bond acceptors (Lipinski definition) is 5. The molecule has 0 bridgehead atoms. The second kappa shape index (κ2) is 9.90. The maximum Gasteiger partial charge on any atom is 0.257 e. The van der Waals surface area contributed by atoms with Gasteiger partial charge in [0.1, 0.15) is 18.5 Å². The smallest absolute Gasteiger partial charge is 0.257 e. The number of rotatable bonds is 4. The van der Waals surface area contributed by atoms with E-state index < -0.39 is 0 Å². The minimum Gasteiger partial charge on any atom is -0.490 e. The number of carbonyl (C=O) groups excluding carboxylic acids is 3. The second-order valence-electron chi connectivity index (χ2n) is 9.08. The molecule has 1 saturated carbocycles. The van der Waals surface area contributed by atoms with Gasteiger partial charge in [-0.1, -0.05) is 19.3 Å². The average molecular weight is 444 g/mol. The molecule has 1 saturated heterocycles. The molecule has 2 aliphatic heterocycles. The molecule has 1 aromatic carbocycles. The highest BCUT2D eigenvalue weighted by molar-refractivity contribution is 6.00. The molecule has 3 atom stereocenters. The topological polar surface area (TPSA) is 97.0 Å². The lowest BCUT2D eigenvalue weighted by molar-refractivity contribution is -0.133. The fraction of sp³-hybridized carbons (Fsp3) is 0.625. The Morgan fingerprint density at radius 3 is 2.66 bits per heavy atom. The number of amides is 3. The van der Waals surface area contributed by atoms with Gasteiger partial charge in [0.25, 0.3) is 5.91 Å². The Bertz CT molecular complexity index is 867. The zero-order valence-corrected chi connectivity index (χ0v) is 18.9. The van der Waals surface area contributed by atoms with Gasteiger partial charge in [-0.2, -0.15) is 0 Å². The summed E-state index contributed by atoms with van der Waals surface area (Å²) < 4.78 is 12.1. The quantitative estimate of drug-likeness (QED) is 0.746. The average Bonchev–Trinajstić information content (AvgIpc) is 2.82. The number of nitrogens with one attached hydrogen (secondary N) is 2. The Balaban J connectivity index is 1.48. The Labute approximate surface area is 189 Å². The first-order valence-electron chi connectivity index (χ1n) is 11.7. The van der Waals surface area contributed by atoms with E-state index in [9.17, 15) is 14.4 Å². The normalized spacial score (nSPS) is 26.1. The highest BCUT2D eigenvalue weighted by atomic mass is 16.5. The third kappa shape index (κ3) is 4.90. The zero-order chi connectivity index (χ0) is 22.7. The maximum atomic E-state index is 13.3. The molecule has 2 N–H and O–H groups in total. The standard InChI is InChI=1S/C24H33N3O5/c1-25-22(28)13-17-9-10-19-21(32-17)14-31-20-11-8-16(12-18(20)24(30)27(19)2)26-23(29)15-6-4-3-5-7-15/h8,11-12,15,17,19,21H,3-7,9-10,13-14H2,1-2H3,(H,25,28)(H,26,29)/t17-,19-,21-/m1/s1. The van der Waals surface area contributed by atoms with Crippen molar-refractivity contribution in [3.05, 3.63) is 23.8 Å². The number of benzene rings is 1. The Morgan fingerprint density at radius 1 is 1.12 bits per heavy atom. The van der Waals surface area contributed by atoms with Crippen LogP contribution in [0.4, 0.5) is 5.69 Å². The lowest BCUT2D eigenvalue weighted by Gasteiger charge is -2.42. The molecule has 0 radical (unpaired) electrons. The van der Waals surface area contributed by atoms with Crippen LogP contribution < -0.4 is 15.4 Å². The van der Waals surface area contributed by atoms with E-state index in [2.05, 4.69) is 10.6 Å². The van der Waals surface area contributed by atoms with Gasteiger partial charge in [-0.3, -0.25) is 14.4 Å². The minimum absolute atomic E-state index is 0.0279. The third-order valence-electron chi connectivity index (χ3n) is 6.95. The monoisotopic (exact) mass is 443 g/mol. The van der Waals surface area contributed by atoms with E-state index in [-0.39, 0.29) is 41.9 Å². The predicted molar refractivity (Wildman–Crippen MR) is 120 cm³/mol. The SMILES string of the molecule is CNC(=O)C[C@H]1CC[C@@H]2[C@@H](COc3ccc(NC(=O)C4CCCCC4)cc3C(=O)N2C)O1. The Kier molecular flexibility index (Phi) is 6.98. The van der Waals surface area contributed by atoms with E-state index in [4.69, 9.17) is 9.47 Å². The van der Waals surface area contributed by atoms with Crippen molar-refractivity contribution < 1.29 is 23.9 Å². The van der Waals surface area contributed by atoms with Crippen molar-refractivity contribution in [2.75, 3.05) is 26.0 Å². The van der Waals surface area contributed by atoms with E-state index in [1.165, 1.54) is 6.42 Å².